The first-order valence-electron chi connectivity index (χ1n) is 5.97. The van der Waals surface area contributed by atoms with Crippen molar-refractivity contribution in [2.75, 3.05) is 5.32 Å². The van der Waals surface area contributed by atoms with Crippen LogP contribution in [-0.4, -0.2) is 10.8 Å². The molecule has 0 spiro atoms. The molecular formula is C13H11N3O4. The SMILES string of the molecule is Cc1cccc2c1N[C@H](c1ccc([N+](=O)[O-])o1)NC2=O. The molecule has 102 valence electrons. The summed E-state index contributed by atoms with van der Waals surface area (Å²) >= 11 is 0. The van der Waals surface area contributed by atoms with Crippen LogP contribution in [0.1, 0.15) is 27.8 Å². The van der Waals surface area contributed by atoms with Crippen molar-refractivity contribution in [3.63, 3.8) is 0 Å². The summed E-state index contributed by atoms with van der Waals surface area (Å²) in [6, 6.07) is 8.13. The van der Waals surface area contributed by atoms with Crippen molar-refractivity contribution in [3.05, 3.63) is 57.3 Å². The molecule has 1 aromatic carbocycles. The zero-order chi connectivity index (χ0) is 14.3. The average Bonchev–Trinajstić information content (AvgIpc) is 2.89. The van der Waals surface area contributed by atoms with E-state index in [9.17, 15) is 14.9 Å². The fourth-order valence-electron chi connectivity index (χ4n) is 2.18. The van der Waals surface area contributed by atoms with E-state index in [-0.39, 0.29) is 11.8 Å². The van der Waals surface area contributed by atoms with Gasteiger partial charge in [0.2, 0.25) is 0 Å². The second-order valence-corrected chi connectivity index (χ2v) is 4.48. The van der Waals surface area contributed by atoms with Gasteiger partial charge in [-0.15, -0.1) is 0 Å². The molecule has 1 aliphatic heterocycles. The first-order chi connectivity index (χ1) is 9.56. The number of hydrogen-bond acceptors (Lipinski definition) is 5. The lowest BCUT2D eigenvalue weighted by Gasteiger charge is -2.27. The Labute approximate surface area is 113 Å². The van der Waals surface area contributed by atoms with E-state index in [2.05, 4.69) is 10.6 Å². The third-order valence-electron chi connectivity index (χ3n) is 3.16. The highest BCUT2D eigenvalue weighted by Crippen LogP contribution is 2.30. The van der Waals surface area contributed by atoms with E-state index in [1.165, 1.54) is 12.1 Å². The van der Waals surface area contributed by atoms with Crippen LogP contribution in [0.3, 0.4) is 0 Å². The molecule has 0 fully saturated rings. The molecule has 20 heavy (non-hydrogen) atoms. The number of para-hydroxylation sites is 1. The molecule has 3 rings (SSSR count). The summed E-state index contributed by atoms with van der Waals surface area (Å²) < 4.78 is 5.11. The van der Waals surface area contributed by atoms with E-state index in [0.29, 0.717) is 17.0 Å². The minimum absolute atomic E-state index is 0.244. The summed E-state index contributed by atoms with van der Waals surface area (Å²) in [6.07, 6.45) is -0.621. The second-order valence-electron chi connectivity index (χ2n) is 4.48. The molecular weight excluding hydrogens is 262 g/mol. The summed E-state index contributed by atoms with van der Waals surface area (Å²) in [5.74, 6) is -0.308. The van der Waals surface area contributed by atoms with Crippen LogP contribution >= 0.6 is 0 Å². The Kier molecular flexibility index (Phi) is 2.67. The molecule has 7 nitrogen and oxygen atoms in total. The lowest BCUT2D eigenvalue weighted by molar-refractivity contribution is -0.402. The molecule has 2 heterocycles. The van der Waals surface area contributed by atoms with E-state index >= 15 is 0 Å². The van der Waals surface area contributed by atoms with E-state index in [1.807, 2.05) is 13.0 Å². The monoisotopic (exact) mass is 273 g/mol. The van der Waals surface area contributed by atoms with E-state index in [4.69, 9.17) is 4.42 Å². The first-order valence-corrected chi connectivity index (χ1v) is 5.97. The van der Waals surface area contributed by atoms with Crippen molar-refractivity contribution < 1.29 is 14.1 Å². The topological polar surface area (TPSA) is 97.4 Å². The Morgan fingerprint density at radius 2 is 2.05 bits per heavy atom. The number of fused-ring (bicyclic) bond motifs is 1. The maximum Gasteiger partial charge on any atom is 0.433 e. The van der Waals surface area contributed by atoms with Gasteiger partial charge in [-0.3, -0.25) is 14.9 Å². The lowest BCUT2D eigenvalue weighted by Crippen LogP contribution is -2.38. The number of aryl methyl sites for hydroxylation is 1. The van der Waals surface area contributed by atoms with Gasteiger partial charge in [-0.2, -0.15) is 0 Å². The van der Waals surface area contributed by atoms with Gasteiger partial charge in [-0.05, 0) is 24.6 Å². The van der Waals surface area contributed by atoms with Crippen LogP contribution in [0.4, 0.5) is 11.6 Å². The molecule has 0 saturated heterocycles. The summed E-state index contributed by atoms with van der Waals surface area (Å²) in [6.45, 7) is 1.88. The molecule has 2 N–H and O–H groups in total. The number of rotatable bonds is 2. The Bertz CT molecular complexity index is 707. The van der Waals surface area contributed by atoms with Gasteiger partial charge < -0.3 is 15.1 Å². The molecule has 0 radical (unpaired) electrons. The van der Waals surface area contributed by atoms with Gasteiger partial charge in [0, 0.05) is 0 Å². The van der Waals surface area contributed by atoms with Crippen LogP contribution in [-0.2, 0) is 0 Å². The smallest absolute Gasteiger partial charge is 0.402 e. The Balaban J connectivity index is 1.96. The molecule has 1 aliphatic rings. The first kappa shape index (κ1) is 12.2. The van der Waals surface area contributed by atoms with Crippen molar-refractivity contribution in [2.24, 2.45) is 0 Å². The van der Waals surface area contributed by atoms with E-state index < -0.39 is 11.1 Å². The molecule has 0 unspecified atom stereocenters. The van der Waals surface area contributed by atoms with Crippen molar-refractivity contribution in [3.8, 4) is 0 Å². The van der Waals surface area contributed by atoms with Crippen molar-refractivity contribution in [1.82, 2.24) is 5.32 Å². The van der Waals surface area contributed by atoms with Gasteiger partial charge in [0.15, 0.2) is 11.9 Å². The maximum absolute atomic E-state index is 12.0. The zero-order valence-corrected chi connectivity index (χ0v) is 10.5. The van der Waals surface area contributed by atoms with Crippen LogP contribution in [0.25, 0.3) is 0 Å². The largest absolute Gasteiger partial charge is 0.433 e. The fraction of sp³-hybridized carbons (Fsp3) is 0.154. The van der Waals surface area contributed by atoms with E-state index in [0.717, 1.165) is 5.56 Å². The quantitative estimate of drug-likeness (QED) is 0.646. The number of anilines is 1. The molecule has 0 saturated carbocycles. The van der Waals surface area contributed by atoms with Gasteiger partial charge in [0.25, 0.3) is 5.91 Å². The van der Waals surface area contributed by atoms with Gasteiger partial charge in [-0.25, -0.2) is 0 Å². The summed E-state index contributed by atoms with van der Waals surface area (Å²) in [7, 11) is 0. The maximum atomic E-state index is 12.0. The van der Waals surface area contributed by atoms with Crippen LogP contribution in [0.5, 0.6) is 0 Å². The molecule has 1 atom stereocenters. The number of furan rings is 1. The number of nitro groups is 1. The fourth-order valence-corrected chi connectivity index (χ4v) is 2.18. The highest BCUT2D eigenvalue weighted by atomic mass is 16.6. The van der Waals surface area contributed by atoms with Crippen LogP contribution < -0.4 is 10.6 Å². The number of carbonyl (C=O) groups is 1. The van der Waals surface area contributed by atoms with Crippen LogP contribution in [0.2, 0.25) is 0 Å². The van der Waals surface area contributed by atoms with Crippen molar-refractivity contribution in [1.29, 1.82) is 0 Å². The minimum Gasteiger partial charge on any atom is -0.402 e. The van der Waals surface area contributed by atoms with Crippen LogP contribution in [0, 0.1) is 17.0 Å². The molecule has 0 bridgehead atoms. The molecule has 1 amide bonds. The standard InChI is InChI=1S/C13H11N3O4/c1-7-3-2-4-8-11(7)14-12(15-13(8)17)9-5-6-10(20-9)16(18)19/h2-6,12,14H,1H3,(H,15,17)/t12-/m0/s1. The summed E-state index contributed by atoms with van der Waals surface area (Å²) in [5.41, 5.74) is 2.17. The Morgan fingerprint density at radius 3 is 2.75 bits per heavy atom. The average molecular weight is 273 g/mol. The Morgan fingerprint density at radius 1 is 1.25 bits per heavy atom. The van der Waals surface area contributed by atoms with Crippen LogP contribution in [0.15, 0.2) is 34.7 Å². The number of nitrogens with zero attached hydrogens (tertiary/aromatic N) is 1. The summed E-state index contributed by atoms with van der Waals surface area (Å²) in [5, 5.41) is 16.4. The predicted molar refractivity (Wildman–Crippen MR) is 70.4 cm³/mol. The lowest BCUT2D eigenvalue weighted by atomic mass is 10.0. The molecule has 7 heteroatoms. The Hall–Kier alpha value is -2.83. The van der Waals surface area contributed by atoms with E-state index in [1.54, 1.807) is 12.1 Å². The molecule has 1 aromatic heterocycles. The van der Waals surface area contributed by atoms with Crippen molar-refractivity contribution >= 4 is 17.5 Å². The molecule has 2 aromatic rings. The summed E-state index contributed by atoms with van der Waals surface area (Å²) in [4.78, 5) is 22.0. The number of benzene rings is 1. The number of carbonyl (C=O) groups excluding carboxylic acids is 1. The number of amides is 1. The van der Waals surface area contributed by atoms with Gasteiger partial charge >= 0.3 is 5.88 Å². The van der Waals surface area contributed by atoms with Gasteiger partial charge in [-0.1, -0.05) is 12.1 Å². The van der Waals surface area contributed by atoms with Gasteiger partial charge in [0.05, 0.1) is 17.3 Å². The number of nitrogens with one attached hydrogen (secondary N) is 2. The highest BCUT2D eigenvalue weighted by molar-refractivity contribution is 6.02. The normalized spacial score (nSPS) is 17.1. The zero-order valence-electron chi connectivity index (χ0n) is 10.5. The highest BCUT2D eigenvalue weighted by Gasteiger charge is 2.28. The molecule has 0 aliphatic carbocycles. The predicted octanol–water partition coefficient (Wildman–Crippen LogP) is 2.35. The third kappa shape index (κ3) is 1.89. The van der Waals surface area contributed by atoms with Gasteiger partial charge in [0.1, 0.15) is 4.92 Å². The third-order valence-corrected chi connectivity index (χ3v) is 3.16. The number of hydrogen-bond donors (Lipinski definition) is 2. The van der Waals surface area contributed by atoms with Crippen molar-refractivity contribution in [2.45, 2.75) is 13.1 Å². The second kappa shape index (κ2) is 4.37. The minimum atomic E-state index is -0.621.